The molecule has 0 fully saturated rings. The average Bonchev–Trinajstić information content (AvgIpc) is 2.97. The lowest BCUT2D eigenvalue weighted by Crippen LogP contribution is -2.20. The molecule has 21 heavy (non-hydrogen) atoms. The molecule has 0 aliphatic heterocycles. The summed E-state index contributed by atoms with van der Waals surface area (Å²) < 4.78 is 0. The van der Waals surface area contributed by atoms with E-state index in [1.807, 2.05) is 18.2 Å². The van der Waals surface area contributed by atoms with Gasteiger partial charge in [0.05, 0.1) is 5.69 Å². The molecular weight excluding hydrogens is 280 g/mol. The third-order valence-corrected chi connectivity index (χ3v) is 4.38. The number of aromatic nitrogens is 1. The van der Waals surface area contributed by atoms with Crippen LogP contribution in [0.4, 0.5) is 0 Å². The van der Waals surface area contributed by atoms with Gasteiger partial charge in [-0.2, -0.15) is 0 Å². The number of hydrogen-bond acceptors (Lipinski definition) is 4. The van der Waals surface area contributed by atoms with Crippen LogP contribution in [0.1, 0.15) is 31.7 Å². The van der Waals surface area contributed by atoms with Crippen LogP contribution in [0, 0.1) is 5.41 Å². The Kier molecular flexibility index (Phi) is 5.91. The van der Waals surface area contributed by atoms with Gasteiger partial charge in [-0.05, 0) is 24.8 Å². The summed E-state index contributed by atoms with van der Waals surface area (Å²) in [6.45, 7) is 6.22. The van der Waals surface area contributed by atoms with Gasteiger partial charge in [-0.1, -0.05) is 44.2 Å². The summed E-state index contributed by atoms with van der Waals surface area (Å²) in [5, 5.41) is 15.9. The fourth-order valence-electron chi connectivity index (χ4n) is 2.10. The smallest absolute Gasteiger partial charge is 0.107 e. The molecule has 3 nitrogen and oxygen atoms in total. The zero-order valence-electron chi connectivity index (χ0n) is 12.8. The first-order chi connectivity index (χ1) is 10.1. The second-order valence-corrected chi connectivity index (χ2v) is 7.04. The van der Waals surface area contributed by atoms with Gasteiger partial charge in [-0.25, -0.2) is 4.98 Å². The highest BCUT2D eigenvalue weighted by Crippen LogP contribution is 2.22. The number of hydrogen-bond donors (Lipinski definition) is 2. The van der Waals surface area contributed by atoms with Crippen LogP contribution in [0.5, 0.6) is 0 Å². The Bertz CT molecular complexity index is 537. The molecule has 2 aromatic rings. The fraction of sp³-hybridized carbons (Fsp3) is 0.471. The van der Waals surface area contributed by atoms with Gasteiger partial charge in [-0.3, -0.25) is 0 Å². The van der Waals surface area contributed by atoms with Crippen molar-refractivity contribution in [1.29, 1.82) is 0 Å². The standard InChI is InChI=1S/C17H24N2OS/c1-17(2,13-20)9-6-10-18-11-16-19-15(12-21-16)14-7-4-3-5-8-14/h3-5,7-8,12,18,20H,6,9-11,13H2,1-2H3. The van der Waals surface area contributed by atoms with Crippen LogP contribution in [-0.2, 0) is 6.54 Å². The fourth-order valence-corrected chi connectivity index (χ4v) is 2.87. The molecule has 0 atom stereocenters. The second kappa shape index (κ2) is 7.69. The summed E-state index contributed by atoms with van der Waals surface area (Å²) in [6, 6.07) is 10.3. The molecule has 0 radical (unpaired) electrons. The van der Waals surface area contributed by atoms with Gasteiger partial charge in [0.1, 0.15) is 5.01 Å². The Balaban J connectivity index is 1.74. The van der Waals surface area contributed by atoms with Crippen molar-refractivity contribution in [1.82, 2.24) is 10.3 Å². The Hall–Kier alpha value is -1.23. The number of benzene rings is 1. The maximum atomic E-state index is 9.21. The summed E-state index contributed by atoms with van der Waals surface area (Å²) in [6.07, 6.45) is 2.11. The Morgan fingerprint density at radius 3 is 2.71 bits per heavy atom. The highest BCUT2D eigenvalue weighted by molar-refractivity contribution is 7.09. The largest absolute Gasteiger partial charge is 0.396 e. The van der Waals surface area contributed by atoms with Crippen molar-refractivity contribution in [2.24, 2.45) is 5.41 Å². The summed E-state index contributed by atoms with van der Waals surface area (Å²) in [7, 11) is 0. The minimum Gasteiger partial charge on any atom is -0.396 e. The zero-order chi connectivity index (χ0) is 15.1. The van der Waals surface area contributed by atoms with E-state index in [0.717, 1.165) is 36.6 Å². The Morgan fingerprint density at radius 1 is 1.24 bits per heavy atom. The first kappa shape index (κ1) is 16.1. The summed E-state index contributed by atoms with van der Waals surface area (Å²) in [4.78, 5) is 4.66. The molecule has 1 aromatic carbocycles. The molecule has 1 heterocycles. The van der Waals surface area contributed by atoms with Crippen molar-refractivity contribution in [2.75, 3.05) is 13.2 Å². The molecule has 0 bridgehead atoms. The van der Waals surface area contributed by atoms with Crippen LogP contribution in [0.15, 0.2) is 35.7 Å². The van der Waals surface area contributed by atoms with Gasteiger partial charge in [0, 0.05) is 24.1 Å². The zero-order valence-corrected chi connectivity index (χ0v) is 13.6. The third-order valence-electron chi connectivity index (χ3n) is 3.53. The Morgan fingerprint density at radius 2 is 2.00 bits per heavy atom. The number of rotatable bonds is 8. The van der Waals surface area contributed by atoms with Crippen molar-refractivity contribution in [3.05, 3.63) is 40.7 Å². The summed E-state index contributed by atoms with van der Waals surface area (Å²) in [5.74, 6) is 0. The van der Waals surface area contributed by atoms with E-state index >= 15 is 0 Å². The quantitative estimate of drug-likeness (QED) is 0.731. The van der Waals surface area contributed by atoms with Crippen molar-refractivity contribution in [3.8, 4) is 11.3 Å². The highest BCUT2D eigenvalue weighted by Gasteiger charge is 2.15. The van der Waals surface area contributed by atoms with Crippen LogP contribution in [0.2, 0.25) is 0 Å². The lowest BCUT2D eigenvalue weighted by Gasteiger charge is -2.21. The maximum absolute atomic E-state index is 9.21. The number of nitrogens with zero attached hydrogens (tertiary/aromatic N) is 1. The first-order valence-corrected chi connectivity index (χ1v) is 8.30. The molecule has 0 spiro atoms. The maximum Gasteiger partial charge on any atom is 0.107 e. The molecule has 1 aromatic heterocycles. The third kappa shape index (κ3) is 5.23. The second-order valence-electron chi connectivity index (χ2n) is 6.10. The molecule has 4 heteroatoms. The molecule has 0 saturated carbocycles. The minimum atomic E-state index is 0.0311. The van der Waals surface area contributed by atoms with Crippen molar-refractivity contribution in [3.63, 3.8) is 0 Å². The van der Waals surface area contributed by atoms with E-state index in [4.69, 9.17) is 0 Å². The van der Waals surface area contributed by atoms with Crippen LogP contribution < -0.4 is 5.32 Å². The first-order valence-electron chi connectivity index (χ1n) is 7.42. The summed E-state index contributed by atoms with van der Waals surface area (Å²) in [5.41, 5.74) is 2.26. The number of thiazole rings is 1. The minimum absolute atomic E-state index is 0.0311. The van der Waals surface area contributed by atoms with Crippen LogP contribution in [0.3, 0.4) is 0 Å². The summed E-state index contributed by atoms with van der Waals surface area (Å²) >= 11 is 1.70. The monoisotopic (exact) mass is 304 g/mol. The van der Waals surface area contributed by atoms with Gasteiger partial charge in [0.2, 0.25) is 0 Å². The molecule has 114 valence electrons. The molecule has 0 amide bonds. The van der Waals surface area contributed by atoms with E-state index in [2.05, 4.69) is 41.7 Å². The molecule has 0 unspecified atom stereocenters. The Labute approximate surface area is 131 Å². The lowest BCUT2D eigenvalue weighted by molar-refractivity contribution is 0.148. The lowest BCUT2D eigenvalue weighted by atomic mass is 9.89. The predicted molar refractivity (Wildman–Crippen MR) is 89.4 cm³/mol. The van der Waals surface area contributed by atoms with E-state index < -0.39 is 0 Å². The van der Waals surface area contributed by atoms with Crippen LogP contribution in [-0.4, -0.2) is 23.2 Å². The molecule has 0 saturated heterocycles. The van der Waals surface area contributed by atoms with Gasteiger partial charge >= 0.3 is 0 Å². The van der Waals surface area contributed by atoms with E-state index in [1.54, 1.807) is 11.3 Å². The van der Waals surface area contributed by atoms with Crippen LogP contribution in [0.25, 0.3) is 11.3 Å². The van der Waals surface area contributed by atoms with Crippen molar-refractivity contribution < 1.29 is 5.11 Å². The van der Waals surface area contributed by atoms with Crippen LogP contribution >= 0.6 is 11.3 Å². The number of aliphatic hydroxyl groups excluding tert-OH is 1. The molecule has 2 N–H and O–H groups in total. The predicted octanol–water partition coefficient (Wildman–Crippen LogP) is 3.70. The normalized spacial score (nSPS) is 11.8. The van der Waals surface area contributed by atoms with E-state index in [0.29, 0.717) is 0 Å². The number of nitrogens with one attached hydrogen (secondary N) is 1. The SMILES string of the molecule is CC(C)(CO)CCCNCc1nc(-c2ccccc2)cs1. The van der Waals surface area contributed by atoms with E-state index in [-0.39, 0.29) is 12.0 Å². The van der Waals surface area contributed by atoms with Crippen molar-refractivity contribution in [2.45, 2.75) is 33.2 Å². The van der Waals surface area contributed by atoms with Gasteiger partial charge in [0.25, 0.3) is 0 Å². The van der Waals surface area contributed by atoms with E-state index in [1.165, 1.54) is 5.56 Å². The highest BCUT2D eigenvalue weighted by atomic mass is 32.1. The molecule has 0 aliphatic carbocycles. The molecule has 0 aliphatic rings. The van der Waals surface area contributed by atoms with Gasteiger partial charge in [0.15, 0.2) is 0 Å². The molecule has 2 rings (SSSR count). The van der Waals surface area contributed by atoms with Gasteiger partial charge in [-0.15, -0.1) is 11.3 Å². The van der Waals surface area contributed by atoms with E-state index in [9.17, 15) is 5.11 Å². The molecular formula is C17H24N2OS. The number of aliphatic hydroxyl groups is 1. The van der Waals surface area contributed by atoms with Crippen molar-refractivity contribution >= 4 is 11.3 Å². The van der Waals surface area contributed by atoms with Gasteiger partial charge < -0.3 is 10.4 Å². The topological polar surface area (TPSA) is 45.1 Å². The average molecular weight is 304 g/mol.